The van der Waals surface area contributed by atoms with E-state index in [9.17, 15) is 0 Å². The lowest BCUT2D eigenvalue weighted by molar-refractivity contribution is 1.26. The number of benzene rings is 3. The van der Waals surface area contributed by atoms with Gasteiger partial charge in [-0.3, -0.25) is 0 Å². The van der Waals surface area contributed by atoms with E-state index in [4.69, 9.17) is 33.2 Å². The quantitative estimate of drug-likeness (QED) is 0.379. The van der Waals surface area contributed by atoms with Crippen LogP contribution in [0.2, 0.25) is 10.0 Å². The lowest BCUT2D eigenvalue weighted by Gasteiger charge is -2.12. The van der Waals surface area contributed by atoms with Crippen LogP contribution in [0.3, 0.4) is 0 Å². The third-order valence-corrected chi connectivity index (χ3v) is 5.02. The number of hydrogen-bond donors (Lipinski definition) is 0. The van der Waals surface area contributed by atoms with Crippen molar-refractivity contribution < 1.29 is 0 Å². The summed E-state index contributed by atoms with van der Waals surface area (Å²) in [5, 5.41) is 1.39. The van der Waals surface area contributed by atoms with Crippen LogP contribution in [-0.4, -0.2) is 9.97 Å². The first-order valence-corrected chi connectivity index (χ1v) is 9.08. The molecule has 0 bridgehead atoms. The summed E-state index contributed by atoms with van der Waals surface area (Å²) in [6, 6.07) is 19.5. The van der Waals surface area contributed by atoms with E-state index < -0.39 is 0 Å². The number of fused-ring (bicyclic) bond motifs is 1. The van der Waals surface area contributed by atoms with E-state index in [-0.39, 0.29) is 0 Å². The van der Waals surface area contributed by atoms with Crippen molar-refractivity contribution >= 4 is 34.2 Å². The molecule has 3 aromatic carbocycles. The topological polar surface area (TPSA) is 25.8 Å². The fourth-order valence-corrected chi connectivity index (χ4v) is 3.18. The van der Waals surface area contributed by atoms with E-state index in [1.807, 2.05) is 48.5 Å². The van der Waals surface area contributed by atoms with Gasteiger partial charge in [-0.2, -0.15) is 0 Å². The molecule has 0 aliphatic heterocycles. The molecule has 0 spiro atoms. The largest absolute Gasteiger partial charge is 0.244 e. The molecule has 2 nitrogen and oxygen atoms in total. The summed E-state index contributed by atoms with van der Waals surface area (Å²) >= 11 is 12.1. The van der Waals surface area contributed by atoms with Crippen LogP contribution in [0.25, 0.3) is 33.5 Å². The molecular weight excluding hydrogens is 363 g/mol. The number of hydrogen-bond acceptors (Lipinski definition) is 2. The van der Waals surface area contributed by atoms with Crippen molar-refractivity contribution in [2.75, 3.05) is 0 Å². The Bertz CT molecular complexity index is 1010. The Labute approximate surface area is 162 Å². The monoisotopic (exact) mass is 378 g/mol. The van der Waals surface area contributed by atoms with Crippen LogP contribution in [0, 0.1) is 13.8 Å². The fraction of sp³-hybridized carbons (Fsp3) is 0.0909. The molecule has 128 valence electrons. The first-order valence-electron chi connectivity index (χ1n) is 8.32. The molecule has 26 heavy (non-hydrogen) atoms. The summed E-state index contributed by atoms with van der Waals surface area (Å²) in [6.45, 7) is 4.18. The van der Waals surface area contributed by atoms with Crippen molar-refractivity contribution in [2.45, 2.75) is 13.8 Å². The molecule has 1 heterocycles. The van der Waals surface area contributed by atoms with Gasteiger partial charge in [0.1, 0.15) is 0 Å². The summed E-state index contributed by atoms with van der Waals surface area (Å²) in [5.41, 5.74) is 7.80. The number of aromatic nitrogens is 2. The molecule has 0 saturated carbocycles. The van der Waals surface area contributed by atoms with Crippen molar-refractivity contribution in [2.24, 2.45) is 0 Å². The van der Waals surface area contributed by atoms with Crippen LogP contribution in [-0.2, 0) is 0 Å². The van der Waals surface area contributed by atoms with Crippen LogP contribution in [0.15, 0.2) is 60.7 Å². The van der Waals surface area contributed by atoms with Crippen LogP contribution in [0.4, 0.5) is 0 Å². The average molecular weight is 379 g/mol. The molecule has 4 aromatic rings. The number of halogens is 2. The van der Waals surface area contributed by atoms with Gasteiger partial charge in [0, 0.05) is 21.2 Å². The van der Waals surface area contributed by atoms with Crippen molar-refractivity contribution in [1.29, 1.82) is 0 Å². The summed E-state index contributed by atoms with van der Waals surface area (Å²) in [5.74, 6) is 0. The maximum absolute atomic E-state index is 6.06. The molecule has 0 atom stereocenters. The Balaban J connectivity index is 2.02. The molecular formula is C22H16Cl2N2. The zero-order valence-corrected chi connectivity index (χ0v) is 15.9. The molecule has 4 rings (SSSR count). The molecule has 0 radical (unpaired) electrons. The molecule has 1 aromatic heterocycles. The predicted octanol–water partition coefficient (Wildman–Crippen LogP) is 6.89. The SMILES string of the molecule is Cc1cc2nc(-c3ccc(Cl)cc3)c(-c3ccc(Cl)cc3)nc2cc1C. The van der Waals surface area contributed by atoms with Gasteiger partial charge in [0.15, 0.2) is 0 Å². The first kappa shape index (κ1) is 17.0. The van der Waals surface area contributed by atoms with E-state index in [1.165, 1.54) is 11.1 Å². The summed E-state index contributed by atoms with van der Waals surface area (Å²) < 4.78 is 0. The minimum Gasteiger partial charge on any atom is -0.244 e. The van der Waals surface area contributed by atoms with E-state index in [0.717, 1.165) is 33.5 Å². The Morgan fingerprint density at radius 3 is 1.27 bits per heavy atom. The second kappa shape index (κ2) is 6.71. The Morgan fingerprint density at radius 1 is 0.577 bits per heavy atom. The van der Waals surface area contributed by atoms with E-state index in [2.05, 4.69) is 26.0 Å². The van der Waals surface area contributed by atoms with Gasteiger partial charge < -0.3 is 0 Å². The lowest BCUT2D eigenvalue weighted by atomic mass is 10.0. The maximum Gasteiger partial charge on any atom is 0.0973 e. The molecule has 0 saturated heterocycles. The highest BCUT2D eigenvalue weighted by Gasteiger charge is 2.14. The van der Waals surface area contributed by atoms with E-state index >= 15 is 0 Å². The van der Waals surface area contributed by atoms with Crippen LogP contribution in [0.5, 0.6) is 0 Å². The van der Waals surface area contributed by atoms with E-state index in [1.54, 1.807) is 0 Å². The van der Waals surface area contributed by atoms with Gasteiger partial charge in [-0.1, -0.05) is 47.5 Å². The minimum atomic E-state index is 0.696. The Kier molecular flexibility index (Phi) is 4.39. The molecule has 0 amide bonds. The number of aryl methyl sites for hydroxylation is 2. The van der Waals surface area contributed by atoms with Gasteiger partial charge in [-0.25, -0.2) is 9.97 Å². The molecule has 0 N–H and O–H groups in total. The summed E-state index contributed by atoms with van der Waals surface area (Å²) in [6.07, 6.45) is 0. The Hall–Kier alpha value is -2.42. The second-order valence-corrected chi connectivity index (χ2v) is 7.23. The van der Waals surface area contributed by atoms with Crippen molar-refractivity contribution in [3.63, 3.8) is 0 Å². The van der Waals surface area contributed by atoms with Gasteiger partial charge in [0.05, 0.1) is 22.4 Å². The van der Waals surface area contributed by atoms with Gasteiger partial charge in [-0.05, 0) is 61.4 Å². The summed E-state index contributed by atoms with van der Waals surface area (Å²) in [4.78, 5) is 9.87. The standard InChI is InChI=1S/C22H16Cl2N2/c1-13-11-19-20(12-14(13)2)26-22(16-5-9-18(24)10-6-16)21(25-19)15-3-7-17(23)8-4-15/h3-12H,1-2H3. The molecule has 0 fully saturated rings. The molecule has 0 unspecified atom stereocenters. The normalized spacial score (nSPS) is 11.1. The van der Waals surface area contributed by atoms with Crippen LogP contribution < -0.4 is 0 Å². The predicted molar refractivity (Wildman–Crippen MR) is 110 cm³/mol. The highest BCUT2D eigenvalue weighted by molar-refractivity contribution is 6.31. The van der Waals surface area contributed by atoms with E-state index in [0.29, 0.717) is 10.0 Å². The van der Waals surface area contributed by atoms with Crippen LogP contribution in [0.1, 0.15) is 11.1 Å². The highest BCUT2D eigenvalue weighted by atomic mass is 35.5. The van der Waals surface area contributed by atoms with Crippen molar-refractivity contribution in [3.8, 4) is 22.5 Å². The van der Waals surface area contributed by atoms with Crippen molar-refractivity contribution in [3.05, 3.63) is 81.8 Å². The fourth-order valence-electron chi connectivity index (χ4n) is 2.93. The second-order valence-electron chi connectivity index (χ2n) is 6.36. The highest BCUT2D eigenvalue weighted by Crippen LogP contribution is 2.32. The number of nitrogens with zero attached hydrogens (tertiary/aromatic N) is 2. The molecule has 4 heteroatoms. The first-order chi connectivity index (χ1) is 12.5. The third-order valence-electron chi connectivity index (χ3n) is 4.52. The summed E-state index contributed by atoms with van der Waals surface area (Å²) in [7, 11) is 0. The van der Waals surface area contributed by atoms with Gasteiger partial charge >= 0.3 is 0 Å². The zero-order valence-electron chi connectivity index (χ0n) is 14.4. The third kappa shape index (κ3) is 3.18. The molecule has 0 aliphatic carbocycles. The van der Waals surface area contributed by atoms with Gasteiger partial charge in [0.25, 0.3) is 0 Å². The smallest absolute Gasteiger partial charge is 0.0973 e. The van der Waals surface area contributed by atoms with Gasteiger partial charge in [-0.15, -0.1) is 0 Å². The van der Waals surface area contributed by atoms with Crippen molar-refractivity contribution in [1.82, 2.24) is 9.97 Å². The number of rotatable bonds is 2. The molecule has 0 aliphatic rings. The zero-order chi connectivity index (χ0) is 18.3. The average Bonchev–Trinajstić information content (AvgIpc) is 2.63. The van der Waals surface area contributed by atoms with Crippen LogP contribution >= 0.6 is 23.2 Å². The minimum absolute atomic E-state index is 0.696. The Morgan fingerprint density at radius 2 is 0.923 bits per heavy atom. The van der Waals surface area contributed by atoms with Gasteiger partial charge in [0.2, 0.25) is 0 Å². The lowest BCUT2D eigenvalue weighted by Crippen LogP contribution is -1.96. The maximum atomic E-state index is 6.06.